The van der Waals surface area contributed by atoms with Gasteiger partial charge < -0.3 is 0 Å². The Morgan fingerprint density at radius 1 is 0.739 bits per heavy atom. The topological polar surface area (TPSA) is 68.3 Å². The van der Waals surface area contributed by atoms with E-state index >= 15 is 0 Å². The highest BCUT2D eigenvalue weighted by Crippen LogP contribution is 2.35. The Balaban J connectivity index is 3.47. The molecule has 0 N–H and O–H groups in total. The molecule has 4 nitrogen and oxygen atoms in total. The third-order valence-corrected chi connectivity index (χ3v) is 7.52. The van der Waals surface area contributed by atoms with Gasteiger partial charge in [0.05, 0.1) is 0 Å². The third kappa shape index (κ3) is 6.01. The first-order valence-corrected chi connectivity index (χ1v) is 9.19. The van der Waals surface area contributed by atoms with Gasteiger partial charge in [0, 0.05) is 0 Å². The van der Waals surface area contributed by atoms with Crippen molar-refractivity contribution >= 4 is 19.7 Å². The Labute approximate surface area is 128 Å². The minimum atomic E-state index is -5.48. The molecule has 0 bridgehead atoms. The van der Waals surface area contributed by atoms with Gasteiger partial charge in [0.15, 0.2) is 24.3 Å². The van der Waals surface area contributed by atoms with Crippen molar-refractivity contribution < 1.29 is 43.2 Å². The lowest BCUT2D eigenvalue weighted by Crippen LogP contribution is -2.35. The lowest BCUT2D eigenvalue weighted by molar-refractivity contribution is -0.107. The Morgan fingerprint density at radius 3 is 1.39 bits per heavy atom. The lowest BCUT2D eigenvalue weighted by atomic mass is 10.2. The summed E-state index contributed by atoms with van der Waals surface area (Å²) in [7, 11) is -11.0. The standard InChI is InChI=1S/C11H10F6O4S2/c12-10(13,14)6-22(18,19)9(8-4-2-1-3-5-8)23(20,21)7-11(15,16)17/h1-5,9H,6-7H2. The van der Waals surface area contributed by atoms with Gasteiger partial charge >= 0.3 is 12.4 Å². The third-order valence-electron chi connectivity index (χ3n) is 2.45. The fourth-order valence-corrected chi connectivity index (χ4v) is 6.41. The molecule has 0 aromatic heterocycles. The summed E-state index contributed by atoms with van der Waals surface area (Å²) < 4.78 is 118. The van der Waals surface area contributed by atoms with Crippen LogP contribution in [0.25, 0.3) is 0 Å². The molecule has 1 aromatic rings. The number of alkyl halides is 6. The molecular weight excluding hydrogens is 374 g/mol. The number of rotatable bonds is 5. The van der Waals surface area contributed by atoms with Crippen molar-refractivity contribution in [1.29, 1.82) is 0 Å². The van der Waals surface area contributed by atoms with E-state index in [4.69, 9.17) is 0 Å². The fourth-order valence-electron chi connectivity index (χ4n) is 1.86. The molecule has 0 heterocycles. The Morgan fingerprint density at radius 2 is 1.09 bits per heavy atom. The van der Waals surface area contributed by atoms with Gasteiger partial charge in [-0.1, -0.05) is 30.3 Å². The van der Waals surface area contributed by atoms with E-state index in [1.54, 1.807) is 0 Å². The van der Waals surface area contributed by atoms with Crippen LogP contribution in [0.15, 0.2) is 30.3 Å². The molecule has 0 aliphatic heterocycles. The SMILES string of the molecule is O=S(=O)(CC(F)(F)F)C(c1ccccc1)S(=O)(=O)CC(F)(F)F. The lowest BCUT2D eigenvalue weighted by Gasteiger charge is -2.20. The molecule has 1 aromatic carbocycles. The van der Waals surface area contributed by atoms with Crippen molar-refractivity contribution in [3.63, 3.8) is 0 Å². The molecule has 23 heavy (non-hydrogen) atoms. The van der Waals surface area contributed by atoms with Crippen LogP contribution < -0.4 is 0 Å². The number of sulfone groups is 2. The molecule has 0 spiro atoms. The molecule has 1 rings (SSSR count). The van der Waals surface area contributed by atoms with E-state index < -0.39 is 53.7 Å². The summed E-state index contributed by atoms with van der Waals surface area (Å²) in [4.78, 5) is 0. The average Bonchev–Trinajstić information content (AvgIpc) is 2.21. The van der Waals surface area contributed by atoms with Crippen molar-refractivity contribution in [2.24, 2.45) is 0 Å². The summed E-state index contributed by atoms with van der Waals surface area (Å²) in [5.41, 5.74) is -0.680. The van der Waals surface area contributed by atoms with Gasteiger partial charge in [0.25, 0.3) is 0 Å². The van der Waals surface area contributed by atoms with Crippen molar-refractivity contribution in [2.45, 2.75) is 16.9 Å². The van der Waals surface area contributed by atoms with Crippen LogP contribution in [-0.4, -0.2) is 40.7 Å². The predicted octanol–water partition coefficient (Wildman–Crippen LogP) is 2.64. The highest BCUT2D eigenvalue weighted by molar-refractivity contribution is 8.08. The molecule has 0 amide bonds. The smallest absolute Gasteiger partial charge is 0.227 e. The van der Waals surface area contributed by atoms with E-state index in [-0.39, 0.29) is 0 Å². The van der Waals surface area contributed by atoms with Crippen molar-refractivity contribution in [2.75, 3.05) is 11.5 Å². The van der Waals surface area contributed by atoms with Crippen LogP contribution in [0.1, 0.15) is 10.1 Å². The van der Waals surface area contributed by atoms with Crippen molar-refractivity contribution in [3.8, 4) is 0 Å². The van der Waals surface area contributed by atoms with Gasteiger partial charge in [-0.05, 0) is 5.56 Å². The molecule has 0 aliphatic rings. The zero-order valence-electron chi connectivity index (χ0n) is 11.1. The van der Waals surface area contributed by atoms with Gasteiger partial charge in [-0.15, -0.1) is 0 Å². The van der Waals surface area contributed by atoms with E-state index in [1.807, 2.05) is 0 Å². The zero-order chi connectivity index (χ0) is 18.1. The van der Waals surface area contributed by atoms with Crippen LogP contribution in [-0.2, 0) is 19.7 Å². The van der Waals surface area contributed by atoms with Gasteiger partial charge in [-0.2, -0.15) is 26.3 Å². The zero-order valence-corrected chi connectivity index (χ0v) is 12.7. The molecule has 0 saturated heterocycles. The summed E-state index contributed by atoms with van der Waals surface area (Å²) in [6.07, 6.45) is -10.6. The first-order valence-electron chi connectivity index (χ1n) is 5.76. The number of benzene rings is 1. The van der Waals surface area contributed by atoms with Crippen LogP contribution in [0.3, 0.4) is 0 Å². The summed E-state index contributed by atoms with van der Waals surface area (Å²) in [6, 6.07) is 5.19. The maximum Gasteiger partial charge on any atom is 0.402 e. The molecular formula is C11H10F6O4S2. The second kappa shape index (κ2) is 6.30. The molecule has 12 heteroatoms. The first-order chi connectivity index (χ1) is 10.1. The molecule has 0 radical (unpaired) electrons. The van der Waals surface area contributed by atoms with Crippen molar-refractivity contribution in [3.05, 3.63) is 35.9 Å². The van der Waals surface area contributed by atoms with E-state index in [1.165, 1.54) is 6.07 Å². The molecule has 132 valence electrons. The highest BCUT2D eigenvalue weighted by Gasteiger charge is 2.49. The van der Waals surface area contributed by atoms with E-state index in [9.17, 15) is 43.2 Å². The van der Waals surface area contributed by atoms with E-state index in [2.05, 4.69) is 0 Å². The summed E-state index contributed by atoms with van der Waals surface area (Å²) >= 11 is 0. The van der Waals surface area contributed by atoms with Crippen LogP contribution >= 0.6 is 0 Å². The Kier molecular flexibility index (Phi) is 5.41. The van der Waals surface area contributed by atoms with Crippen LogP contribution in [0.5, 0.6) is 0 Å². The maximum absolute atomic E-state index is 12.4. The van der Waals surface area contributed by atoms with E-state index in [0.717, 1.165) is 24.3 Å². The van der Waals surface area contributed by atoms with Gasteiger partial charge in [0.1, 0.15) is 11.5 Å². The maximum atomic E-state index is 12.4. The number of hydrogen-bond donors (Lipinski definition) is 0. The van der Waals surface area contributed by atoms with Crippen LogP contribution in [0.4, 0.5) is 26.3 Å². The molecule has 0 atom stereocenters. The molecule has 0 aliphatic carbocycles. The first kappa shape index (κ1) is 19.7. The number of hydrogen-bond acceptors (Lipinski definition) is 4. The quantitative estimate of drug-likeness (QED) is 0.732. The summed E-state index contributed by atoms with van der Waals surface area (Å²) in [6.45, 7) is 0. The molecule has 0 fully saturated rings. The normalized spacial score (nSPS) is 14.2. The molecule has 0 saturated carbocycles. The minimum Gasteiger partial charge on any atom is -0.227 e. The summed E-state index contributed by atoms with van der Waals surface area (Å²) in [5, 5.41) is 0. The fraction of sp³-hybridized carbons (Fsp3) is 0.455. The monoisotopic (exact) mass is 384 g/mol. The largest absolute Gasteiger partial charge is 0.402 e. The minimum absolute atomic E-state index is 0.680. The van der Waals surface area contributed by atoms with Crippen LogP contribution in [0, 0.1) is 0 Å². The highest BCUT2D eigenvalue weighted by atomic mass is 32.3. The Bertz CT molecular complexity index is 689. The number of halogens is 6. The predicted molar refractivity (Wildman–Crippen MR) is 68.9 cm³/mol. The van der Waals surface area contributed by atoms with Crippen molar-refractivity contribution in [1.82, 2.24) is 0 Å². The second-order valence-electron chi connectivity index (χ2n) is 4.59. The van der Waals surface area contributed by atoms with Gasteiger partial charge in [-0.3, -0.25) is 0 Å². The second-order valence-corrected chi connectivity index (χ2v) is 9.06. The Hall–Kier alpha value is -1.30. The van der Waals surface area contributed by atoms with Crippen LogP contribution in [0.2, 0.25) is 0 Å². The average molecular weight is 384 g/mol. The summed E-state index contributed by atoms with van der Waals surface area (Å²) in [5.74, 6) is -5.09. The van der Waals surface area contributed by atoms with E-state index in [0.29, 0.717) is 0 Å². The molecule has 0 unspecified atom stereocenters. The van der Waals surface area contributed by atoms with Gasteiger partial charge in [0.2, 0.25) is 0 Å². The van der Waals surface area contributed by atoms with Gasteiger partial charge in [-0.25, -0.2) is 16.8 Å².